The molecule has 0 aliphatic carbocycles. The molecule has 1 rings (SSSR count). The maximum absolute atomic E-state index is 12.6. The lowest BCUT2D eigenvalue weighted by molar-refractivity contribution is -0.138. The summed E-state index contributed by atoms with van der Waals surface area (Å²) in [4.78, 5) is 10.6. The van der Waals surface area contributed by atoms with Crippen LogP contribution in [0.5, 0.6) is 0 Å². The van der Waals surface area contributed by atoms with Gasteiger partial charge in [-0.3, -0.25) is 4.79 Å². The van der Waals surface area contributed by atoms with Crippen LogP contribution in [0, 0.1) is 0 Å². The first-order chi connectivity index (χ1) is 7.00. The highest BCUT2D eigenvalue weighted by Gasteiger charge is 2.33. The lowest BCUT2D eigenvalue weighted by Gasteiger charge is -2.13. The van der Waals surface area contributed by atoms with Gasteiger partial charge in [-0.05, 0) is 18.1 Å². The van der Waals surface area contributed by atoms with Crippen LogP contribution in [0.3, 0.4) is 0 Å². The van der Waals surface area contributed by atoms with Crippen LogP contribution in [0.2, 0.25) is 0 Å². The summed E-state index contributed by atoms with van der Waals surface area (Å²) >= 11 is 3.07. The van der Waals surface area contributed by atoms with Gasteiger partial charge in [-0.2, -0.15) is 13.2 Å². The minimum absolute atomic E-state index is 0.0527. The largest absolute Gasteiger partial charge is 0.416 e. The van der Waals surface area contributed by atoms with E-state index in [1.807, 2.05) is 0 Å². The van der Waals surface area contributed by atoms with Gasteiger partial charge in [-0.1, -0.05) is 28.1 Å². The van der Waals surface area contributed by atoms with Crippen molar-refractivity contribution in [3.05, 3.63) is 34.9 Å². The van der Waals surface area contributed by atoms with Crippen LogP contribution >= 0.6 is 15.9 Å². The first-order valence-corrected chi connectivity index (χ1v) is 5.33. The quantitative estimate of drug-likeness (QED) is 0.612. The van der Waals surface area contributed by atoms with Gasteiger partial charge < -0.3 is 0 Å². The maximum Gasteiger partial charge on any atom is 0.416 e. The Morgan fingerprint density at radius 3 is 2.47 bits per heavy atom. The van der Waals surface area contributed by atoms with Gasteiger partial charge >= 0.3 is 6.18 Å². The highest BCUT2D eigenvalue weighted by molar-refractivity contribution is 9.09. The molecule has 0 bridgehead atoms. The first-order valence-electron chi connectivity index (χ1n) is 4.21. The Kier molecular flexibility index (Phi) is 3.90. The molecule has 0 radical (unpaired) electrons. The molecule has 15 heavy (non-hydrogen) atoms. The molecule has 0 unspecified atom stereocenters. The Bertz CT molecular complexity index is 360. The number of halogens is 4. The van der Waals surface area contributed by atoms with E-state index < -0.39 is 11.7 Å². The van der Waals surface area contributed by atoms with Gasteiger partial charge in [0.2, 0.25) is 0 Å². The van der Waals surface area contributed by atoms with E-state index in [0.717, 1.165) is 6.07 Å². The fourth-order valence-electron chi connectivity index (χ4n) is 1.35. The van der Waals surface area contributed by atoms with Crippen molar-refractivity contribution in [2.24, 2.45) is 0 Å². The average Bonchev–Trinajstić information content (AvgIpc) is 2.17. The summed E-state index contributed by atoms with van der Waals surface area (Å²) in [6, 6.07) is 3.62. The summed E-state index contributed by atoms with van der Waals surface area (Å²) in [5.74, 6) is 0. The molecule has 0 aromatic heterocycles. The molecule has 0 aliphatic heterocycles. The van der Waals surface area contributed by atoms with Crippen LogP contribution in [0.4, 0.5) is 13.2 Å². The molecular weight excluding hydrogens is 273 g/mol. The zero-order valence-electron chi connectivity index (χ0n) is 7.64. The van der Waals surface area contributed by atoms with Crippen LogP contribution in [-0.2, 0) is 12.6 Å². The molecule has 1 aromatic rings. The van der Waals surface area contributed by atoms with E-state index in [4.69, 9.17) is 0 Å². The second kappa shape index (κ2) is 4.79. The highest BCUT2D eigenvalue weighted by Crippen LogP contribution is 2.33. The molecular formula is C10H8BrF3O. The standard InChI is InChI=1S/C10H8BrF3O/c11-5-4-8-7(6-15)2-1-3-9(8)10(12,13)14/h1-3,6H,4-5H2. The minimum Gasteiger partial charge on any atom is -0.298 e. The predicted molar refractivity (Wildman–Crippen MR) is 54.3 cm³/mol. The normalized spacial score (nSPS) is 11.5. The summed E-state index contributed by atoms with van der Waals surface area (Å²) < 4.78 is 37.7. The topological polar surface area (TPSA) is 17.1 Å². The van der Waals surface area contributed by atoms with Gasteiger partial charge in [0.1, 0.15) is 6.29 Å². The number of carbonyl (C=O) groups is 1. The smallest absolute Gasteiger partial charge is 0.298 e. The lowest BCUT2D eigenvalue weighted by Crippen LogP contribution is -2.11. The average molecular weight is 281 g/mol. The molecule has 0 heterocycles. The van der Waals surface area contributed by atoms with Crippen molar-refractivity contribution in [2.45, 2.75) is 12.6 Å². The van der Waals surface area contributed by atoms with Gasteiger partial charge in [0.05, 0.1) is 5.56 Å². The fraction of sp³-hybridized carbons (Fsp3) is 0.300. The van der Waals surface area contributed by atoms with E-state index in [1.165, 1.54) is 12.1 Å². The van der Waals surface area contributed by atoms with Gasteiger partial charge in [0, 0.05) is 10.9 Å². The zero-order chi connectivity index (χ0) is 11.5. The van der Waals surface area contributed by atoms with Crippen molar-refractivity contribution in [2.75, 3.05) is 5.33 Å². The van der Waals surface area contributed by atoms with Gasteiger partial charge in [0.25, 0.3) is 0 Å². The summed E-state index contributed by atoms with van der Waals surface area (Å²) in [5.41, 5.74) is -0.576. The summed E-state index contributed by atoms with van der Waals surface area (Å²) in [5, 5.41) is 0.390. The van der Waals surface area contributed by atoms with E-state index in [9.17, 15) is 18.0 Å². The maximum atomic E-state index is 12.6. The number of hydrogen-bond donors (Lipinski definition) is 0. The third-order valence-electron chi connectivity index (χ3n) is 1.99. The van der Waals surface area contributed by atoms with Crippen molar-refractivity contribution in [3.63, 3.8) is 0 Å². The number of aldehydes is 1. The van der Waals surface area contributed by atoms with Crippen molar-refractivity contribution in [1.29, 1.82) is 0 Å². The predicted octanol–water partition coefficient (Wildman–Crippen LogP) is 3.46. The number of carbonyl (C=O) groups excluding carboxylic acids is 1. The van der Waals surface area contributed by atoms with Crippen LogP contribution in [0.25, 0.3) is 0 Å². The molecule has 0 spiro atoms. The van der Waals surface area contributed by atoms with Crippen molar-refractivity contribution >= 4 is 22.2 Å². The van der Waals surface area contributed by atoms with Crippen LogP contribution in [0.1, 0.15) is 21.5 Å². The Morgan fingerprint density at radius 1 is 1.33 bits per heavy atom. The van der Waals surface area contributed by atoms with Crippen LogP contribution < -0.4 is 0 Å². The van der Waals surface area contributed by atoms with Gasteiger partial charge in [0.15, 0.2) is 0 Å². The molecule has 1 aromatic carbocycles. The van der Waals surface area contributed by atoms with E-state index >= 15 is 0 Å². The fourth-order valence-corrected chi connectivity index (χ4v) is 1.75. The summed E-state index contributed by atoms with van der Waals surface area (Å²) in [7, 11) is 0. The monoisotopic (exact) mass is 280 g/mol. The number of benzene rings is 1. The van der Waals surface area contributed by atoms with Gasteiger partial charge in [-0.25, -0.2) is 0 Å². The molecule has 0 saturated heterocycles. The van der Waals surface area contributed by atoms with Gasteiger partial charge in [-0.15, -0.1) is 0 Å². The molecule has 0 aliphatic rings. The molecule has 0 saturated carbocycles. The molecule has 0 amide bonds. The Morgan fingerprint density at radius 2 is 2.00 bits per heavy atom. The zero-order valence-corrected chi connectivity index (χ0v) is 9.23. The summed E-state index contributed by atoms with van der Waals surface area (Å²) in [6.45, 7) is 0. The van der Waals surface area contributed by atoms with Crippen molar-refractivity contribution in [3.8, 4) is 0 Å². The number of hydrogen-bond acceptors (Lipinski definition) is 1. The molecule has 0 N–H and O–H groups in total. The first kappa shape index (κ1) is 12.2. The van der Waals surface area contributed by atoms with E-state index in [2.05, 4.69) is 15.9 Å². The van der Waals surface area contributed by atoms with Crippen LogP contribution in [0.15, 0.2) is 18.2 Å². The SMILES string of the molecule is O=Cc1cccc(C(F)(F)F)c1CCBr. The Balaban J connectivity index is 3.31. The van der Waals surface area contributed by atoms with E-state index in [1.54, 1.807) is 0 Å². The second-order valence-electron chi connectivity index (χ2n) is 2.93. The molecule has 0 fully saturated rings. The number of alkyl halides is 4. The third kappa shape index (κ3) is 2.81. The number of rotatable bonds is 3. The third-order valence-corrected chi connectivity index (χ3v) is 2.39. The second-order valence-corrected chi connectivity index (χ2v) is 3.72. The van der Waals surface area contributed by atoms with Crippen molar-refractivity contribution < 1.29 is 18.0 Å². The lowest BCUT2D eigenvalue weighted by atomic mass is 9.99. The Labute approximate surface area is 93.4 Å². The van der Waals surface area contributed by atoms with E-state index in [-0.39, 0.29) is 17.5 Å². The Hall–Kier alpha value is -0.840. The molecule has 1 nitrogen and oxygen atoms in total. The summed E-state index contributed by atoms with van der Waals surface area (Å²) in [6.07, 6.45) is -3.77. The van der Waals surface area contributed by atoms with E-state index in [0.29, 0.717) is 11.6 Å². The molecule has 5 heteroatoms. The minimum atomic E-state index is -4.41. The van der Waals surface area contributed by atoms with Crippen LogP contribution in [-0.4, -0.2) is 11.6 Å². The molecule has 0 atom stereocenters. The molecule has 82 valence electrons. The highest BCUT2D eigenvalue weighted by atomic mass is 79.9. The van der Waals surface area contributed by atoms with Crippen molar-refractivity contribution in [1.82, 2.24) is 0 Å².